The molecule has 2 N–H and O–H groups in total. The van der Waals surface area contributed by atoms with E-state index < -0.39 is 0 Å². The number of aromatic nitrogens is 2. The lowest BCUT2D eigenvalue weighted by Gasteiger charge is -2.18. The molecule has 0 saturated heterocycles. The van der Waals surface area contributed by atoms with E-state index in [0.29, 0.717) is 5.82 Å². The molecule has 0 radical (unpaired) electrons. The van der Waals surface area contributed by atoms with Gasteiger partial charge in [-0.1, -0.05) is 12.1 Å². The molecule has 2 heterocycles. The first-order chi connectivity index (χ1) is 11.1. The van der Waals surface area contributed by atoms with Crippen LogP contribution in [0.2, 0.25) is 0 Å². The van der Waals surface area contributed by atoms with Gasteiger partial charge in [0.1, 0.15) is 17.4 Å². The summed E-state index contributed by atoms with van der Waals surface area (Å²) in [4.78, 5) is 11.0. The van der Waals surface area contributed by atoms with E-state index in [9.17, 15) is 0 Å². The Labute approximate surface area is 143 Å². The molecule has 0 atom stereocenters. The molecule has 0 aliphatic heterocycles. The average molecular weight is 373 g/mol. The largest absolute Gasteiger partial charge is 0.497 e. The molecule has 0 aliphatic carbocycles. The van der Waals surface area contributed by atoms with Gasteiger partial charge < -0.3 is 15.4 Å². The predicted molar refractivity (Wildman–Crippen MR) is 96.8 cm³/mol. The molecule has 0 spiro atoms. The summed E-state index contributed by atoms with van der Waals surface area (Å²) in [6, 6.07) is 11.9. The van der Waals surface area contributed by atoms with Crippen molar-refractivity contribution in [2.24, 2.45) is 0 Å². The number of halogens is 1. The molecule has 0 unspecified atom stereocenters. The molecule has 3 rings (SSSR count). The first-order valence-corrected chi connectivity index (χ1v) is 7.92. The van der Waals surface area contributed by atoms with Crippen LogP contribution in [-0.2, 0) is 6.54 Å². The SMILES string of the molecule is COc1ccc(CN(C)c2cc3nc(N)c(Br)cc3cn2)cc1. The maximum absolute atomic E-state index is 5.86. The van der Waals surface area contributed by atoms with Gasteiger partial charge in [0.05, 0.1) is 17.1 Å². The number of fused-ring (bicyclic) bond motifs is 1. The van der Waals surface area contributed by atoms with Gasteiger partial charge in [-0.15, -0.1) is 0 Å². The van der Waals surface area contributed by atoms with Crippen LogP contribution >= 0.6 is 15.9 Å². The maximum atomic E-state index is 5.86. The quantitative estimate of drug-likeness (QED) is 0.757. The van der Waals surface area contributed by atoms with Crippen LogP contribution in [0.4, 0.5) is 11.6 Å². The highest BCUT2D eigenvalue weighted by Crippen LogP contribution is 2.25. The third kappa shape index (κ3) is 3.37. The molecule has 23 heavy (non-hydrogen) atoms. The van der Waals surface area contributed by atoms with Crippen LogP contribution in [0.3, 0.4) is 0 Å². The van der Waals surface area contributed by atoms with Crippen molar-refractivity contribution in [1.82, 2.24) is 9.97 Å². The molecule has 0 aliphatic rings. The van der Waals surface area contributed by atoms with Gasteiger partial charge >= 0.3 is 0 Å². The van der Waals surface area contributed by atoms with Crippen molar-refractivity contribution >= 4 is 38.5 Å². The Kier molecular flexibility index (Phi) is 4.34. The van der Waals surface area contributed by atoms with Crippen molar-refractivity contribution in [2.45, 2.75) is 6.54 Å². The van der Waals surface area contributed by atoms with E-state index in [1.807, 2.05) is 49.6 Å². The number of pyridine rings is 2. The second-order valence-electron chi connectivity index (χ2n) is 5.29. The van der Waals surface area contributed by atoms with Crippen molar-refractivity contribution in [3.05, 3.63) is 52.6 Å². The highest BCUT2D eigenvalue weighted by Gasteiger charge is 2.08. The Hall–Kier alpha value is -2.34. The molecule has 118 valence electrons. The summed E-state index contributed by atoms with van der Waals surface area (Å²) in [6.45, 7) is 0.745. The molecule has 0 saturated carbocycles. The monoisotopic (exact) mass is 372 g/mol. The lowest BCUT2D eigenvalue weighted by molar-refractivity contribution is 0.414. The zero-order chi connectivity index (χ0) is 16.4. The van der Waals surface area contributed by atoms with Gasteiger partial charge in [-0.05, 0) is 39.7 Å². The standard InChI is InChI=1S/C17H17BrN4O/c1-22(10-11-3-5-13(23-2)6-4-11)16-8-15-12(9-20-16)7-14(18)17(19)21-15/h3-9H,10H2,1-2H3,(H2,19,21). The molecular weight excluding hydrogens is 356 g/mol. The van der Waals surface area contributed by atoms with Gasteiger partial charge in [0.15, 0.2) is 0 Å². The zero-order valence-electron chi connectivity index (χ0n) is 13.0. The summed E-state index contributed by atoms with van der Waals surface area (Å²) in [5.74, 6) is 2.18. The Morgan fingerprint density at radius 1 is 1.22 bits per heavy atom. The predicted octanol–water partition coefficient (Wildman–Crippen LogP) is 3.62. The van der Waals surface area contributed by atoms with Crippen LogP contribution in [0.1, 0.15) is 5.56 Å². The van der Waals surface area contributed by atoms with Gasteiger partial charge in [-0.3, -0.25) is 0 Å². The fourth-order valence-corrected chi connectivity index (χ4v) is 2.68. The van der Waals surface area contributed by atoms with Crippen molar-refractivity contribution < 1.29 is 4.74 Å². The molecule has 6 heteroatoms. The number of hydrogen-bond acceptors (Lipinski definition) is 5. The van der Waals surface area contributed by atoms with Crippen molar-refractivity contribution in [3.8, 4) is 5.75 Å². The number of anilines is 2. The third-order valence-corrected chi connectivity index (χ3v) is 4.27. The Morgan fingerprint density at radius 3 is 2.65 bits per heavy atom. The molecule has 5 nitrogen and oxygen atoms in total. The number of hydrogen-bond donors (Lipinski definition) is 1. The summed E-state index contributed by atoms with van der Waals surface area (Å²) in [6.07, 6.45) is 1.81. The van der Waals surface area contributed by atoms with E-state index in [4.69, 9.17) is 10.5 Å². The van der Waals surface area contributed by atoms with E-state index in [1.54, 1.807) is 7.11 Å². The van der Waals surface area contributed by atoms with Crippen LogP contribution < -0.4 is 15.4 Å². The smallest absolute Gasteiger partial charge is 0.138 e. The van der Waals surface area contributed by atoms with Crippen molar-refractivity contribution in [2.75, 3.05) is 24.8 Å². The van der Waals surface area contributed by atoms with Crippen LogP contribution in [0, 0.1) is 0 Å². The fraction of sp³-hybridized carbons (Fsp3) is 0.176. The van der Waals surface area contributed by atoms with Gasteiger partial charge in [0.2, 0.25) is 0 Å². The summed E-state index contributed by atoms with van der Waals surface area (Å²) in [7, 11) is 3.66. The lowest BCUT2D eigenvalue weighted by Crippen LogP contribution is -2.17. The molecule has 2 aromatic heterocycles. The van der Waals surface area contributed by atoms with Crippen LogP contribution in [0.5, 0.6) is 5.75 Å². The highest BCUT2D eigenvalue weighted by atomic mass is 79.9. The van der Waals surface area contributed by atoms with E-state index in [2.05, 4.69) is 30.8 Å². The van der Waals surface area contributed by atoms with Gasteiger partial charge in [-0.25, -0.2) is 9.97 Å². The van der Waals surface area contributed by atoms with Crippen molar-refractivity contribution in [3.63, 3.8) is 0 Å². The van der Waals surface area contributed by atoms with Crippen LogP contribution in [-0.4, -0.2) is 24.1 Å². The molecule has 0 fully saturated rings. The number of methoxy groups -OCH3 is 1. The third-order valence-electron chi connectivity index (χ3n) is 3.64. The van der Waals surface area contributed by atoms with E-state index in [0.717, 1.165) is 33.5 Å². The van der Waals surface area contributed by atoms with Gasteiger partial charge in [0.25, 0.3) is 0 Å². The molecule has 1 aromatic carbocycles. The number of nitrogen functional groups attached to an aromatic ring is 1. The summed E-state index contributed by atoms with van der Waals surface area (Å²) >= 11 is 3.38. The second-order valence-corrected chi connectivity index (χ2v) is 6.15. The van der Waals surface area contributed by atoms with E-state index in [-0.39, 0.29) is 0 Å². The minimum Gasteiger partial charge on any atom is -0.497 e. The van der Waals surface area contributed by atoms with E-state index in [1.165, 1.54) is 5.56 Å². The normalized spacial score (nSPS) is 10.7. The van der Waals surface area contributed by atoms with E-state index >= 15 is 0 Å². The number of ether oxygens (including phenoxy) is 1. The lowest BCUT2D eigenvalue weighted by atomic mass is 10.2. The number of nitrogens with two attached hydrogens (primary N) is 1. The first kappa shape index (κ1) is 15.6. The molecular formula is C17H17BrN4O. The minimum atomic E-state index is 0.479. The Bertz CT molecular complexity index is 836. The number of nitrogens with zero attached hydrogens (tertiary/aromatic N) is 3. The Balaban J connectivity index is 1.84. The maximum Gasteiger partial charge on any atom is 0.138 e. The molecule has 0 amide bonds. The van der Waals surface area contributed by atoms with Crippen LogP contribution in [0.25, 0.3) is 10.9 Å². The topological polar surface area (TPSA) is 64.3 Å². The number of rotatable bonds is 4. The Morgan fingerprint density at radius 2 is 1.96 bits per heavy atom. The van der Waals surface area contributed by atoms with Gasteiger partial charge in [-0.2, -0.15) is 0 Å². The molecule has 0 bridgehead atoms. The minimum absolute atomic E-state index is 0.479. The fourth-order valence-electron chi connectivity index (χ4n) is 2.34. The summed E-state index contributed by atoms with van der Waals surface area (Å²) < 4.78 is 5.96. The zero-order valence-corrected chi connectivity index (χ0v) is 14.5. The van der Waals surface area contributed by atoms with Gasteiger partial charge in [0, 0.05) is 31.2 Å². The second kappa shape index (κ2) is 6.42. The number of benzene rings is 1. The molecule has 3 aromatic rings. The van der Waals surface area contributed by atoms with Crippen LogP contribution in [0.15, 0.2) is 47.1 Å². The highest BCUT2D eigenvalue weighted by molar-refractivity contribution is 9.10. The summed E-state index contributed by atoms with van der Waals surface area (Å²) in [5, 5.41) is 0.952. The first-order valence-electron chi connectivity index (χ1n) is 7.12. The summed E-state index contributed by atoms with van der Waals surface area (Å²) in [5.41, 5.74) is 7.87. The average Bonchev–Trinajstić information content (AvgIpc) is 2.56. The van der Waals surface area contributed by atoms with Crippen molar-refractivity contribution in [1.29, 1.82) is 0 Å².